The molecule has 0 radical (unpaired) electrons. The first-order valence-corrected chi connectivity index (χ1v) is 22.4. The lowest BCUT2D eigenvalue weighted by Gasteiger charge is -2.33. The van der Waals surface area contributed by atoms with Crippen LogP contribution in [0.15, 0.2) is 82.6 Å². The molecule has 0 saturated heterocycles. The third-order valence-electron chi connectivity index (χ3n) is 10.1. The predicted molar refractivity (Wildman–Crippen MR) is 216 cm³/mol. The van der Waals surface area contributed by atoms with Crippen molar-refractivity contribution in [1.29, 1.82) is 0 Å². The van der Waals surface area contributed by atoms with Crippen molar-refractivity contribution in [2.24, 2.45) is 0 Å². The molecule has 0 fully saturated rings. The molecule has 0 bridgehead atoms. The zero-order valence-electron chi connectivity index (χ0n) is 32.2. The Kier molecular flexibility index (Phi) is 9.35. The van der Waals surface area contributed by atoms with Gasteiger partial charge in [0.2, 0.25) is 5.78 Å². The van der Waals surface area contributed by atoms with Crippen molar-refractivity contribution in [3.63, 3.8) is 0 Å². The quantitative estimate of drug-likeness (QED) is 0.150. The van der Waals surface area contributed by atoms with Crippen LogP contribution in [0.25, 0.3) is 22.1 Å². The van der Waals surface area contributed by atoms with Gasteiger partial charge >= 0.3 is 0 Å². The summed E-state index contributed by atoms with van der Waals surface area (Å²) in [6.07, 6.45) is 1.38. The molecule has 56 heavy (non-hydrogen) atoms. The summed E-state index contributed by atoms with van der Waals surface area (Å²) in [6, 6.07) is 21.5. The summed E-state index contributed by atoms with van der Waals surface area (Å²) < 4.78 is 70.6. The fraction of sp³-hybridized carbons (Fsp3) is 0.341. The fourth-order valence-electron chi connectivity index (χ4n) is 7.62. The minimum atomic E-state index is -3.85. The minimum Gasteiger partial charge on any atom is -0.488 e. The maximum atomic E-state index is 15.3. The van der Waals surface area contributed by atoms with Crippen LogP contribution < -0.4 is 19.3 Å². The molecule has 0 saturated carbocycles. The standard InChI is InChI=1S/C41H44N6O7S2/c1-25(2)53-40-29(19-27(55(5,49)50)21-35(40)44-15-17-46-33-13-9-7-11-31(33)42-37(46)23-44)39(48)30-20-28(56(6,51)52)22-36(41(30)54-26(3)4)45-16-18-47-34-14-10-8-12-32(34)43-38(47)24-45/h7-14,19-22,25-26H,15-18,23-24H2,1-6H3. The van der Waals surface area contributed by atoms with Gasteiger partial charge in [0.05, 0.1) is 79.7 Å². The van der Waals surface area contributed by atoms with Crippen LogP contribution in [0.1, 0.15) is 55.3 Å². The number of sulfone groups is 2. The van der Waals surface area contributed by atoms with Crippen molar-refractivity contribution < 1.29 is 31.1 Å². The summed E-state index contributed by atoms with van der Waals surface area (Å²) in [7, 11) is -7.71. The average Bonchev–Trinajstić information content (AvgIpc) is 3.70. The Labute approximate surface area is 326 Å². The maximum Gasteiger partial charge on any atom is 0.200 e. The van der Waals surface area contributed by atoms with Crippen molar-refractivity contribution >= 4 is 58.9 Å². The first kappa shape index (κ1) is 37.5. The lowest BCUT2D eigenvalue weighted by molar-refractivity contribution is 0.102. The topological polar surface area (TPSA) is 146 Å². The van der Waals surface area contributed by atoms with E-state index in [4.69, 9.17) is 19.4 Å². The monoisotopic (exact) mass is 796 g/mol. The van der Waals surface area contributed by atoms with E-state index >= 15 is 4.79 Å². The molecule has 0 N–H and O–H groups in total. The van der Waals surface area contributed by atoms with Crippen LogP contribution in [0.4, 0.5) is 11.4 Å². The van der Waals surface area contributed by atoms with Crippen LogP contribution in [0.5, 0.6) is 11.5 Å². The summed E-state index contributed by atoms with van der Waals surface area (Å²) in [5, 5.41) is 0. The third kappa shape index (κ3) is 6.87. The molecular weight excluding hydrogens is 753 g/mol. The molecule has 0 spiro atoms. The van der Waals surface area contributed by atoms with Gasteiger partial charge in [-0.15, -0.1) is 0 Å². The highest BCUT2D eigenvalue weighted by atomic mass is 32.2. The number of carbonyl (C=O) groups excluding carboxylic acids is 1. The molecule has 8 rings (SSSR count). The number of aromatic nitrogens is 4. The van der Waals surface area contributed by atoms with Gasteiger partial charge in [0.15, 0.2) is 31.2 Å². The van der Waals surface area contributed by atoms with Crippen molar-refractivity contribution in [3.05, 3.63) is 95.6 Å². The van der Waals surface area contributed by atoms with Crippen LogP contribution in [0.2, 0.25) is 0 Å². The summed E-state index contributed by atoms with van der Waals surface area (Å²) in [6.45, 7) is 10.1. The van der Waals surface area contributed by atoms with E-state index in [2.05, 4.69) is 9.13 Å². The second-order valence-electron chi connectivity index (χ2n) is 15.0. The molecule has 6 aromatic rings. The highest BCUT2D eigenvalue weighted by Gasteiger charge is 2.33. The smallest absolute Gasteiger partial charge is 0.200 e. The van der Waals surface area contributed by atoms with Crippen LogP contribution >= 0.6 is 0 Å². The lowest BCUT2D eigenvalue weighted by Crippen LogP contribution is -2.35. The van der Waals surface area contributed by atoms with Gasteiger partial charge in [-0.25, -0.2) is 26.8 Å². The number of rotatable bonds is 10. The number of nitrogens with zero attached hydrogens (tertiary/aromatic N) is 6. The number of imidazole rings is 2. The zero-order chi connectivity index (χ0) is 39.7. The number of fused-ring (bicyclic) bond motifs is 6. The average molecular weight is 797 g/mol. The molecule has 0 aliphatic carbocycles. The van der Waals surface area contributed by atoms with Crippen LogP contribution in [0, 0.1) is 0 Å². The number of anilines is 2. The number of para-hydroxylation sites is 4. The summed E-state index contributed by atoms with van der Waals surface area (Å²) in [5.74, 6) is 1.33. The van der Waals surface area contributed by atoms with E-state index in [1.54, 1.807) is 12.1 Å². The molecule has 292 valence electrons. The van der Waals surface area contributed by atoms with Gasteiger partial charge in [0, 0.05) is 38.7 Å². The summed E-state index contributed by atoms with van der Waals surface area (Å²) in [5.41, 5.74) is 4.51. The number of carbonyl (C=O) groups is 1. The molecule has 13 nitrogen and oxygen atoms in total. The second-order valence-corrected chi connectivity index (χ2v) is 19.1. The van der Waals surface area contributed by atoms with Gasteiger partial charge in [-0.3, -0.25) is 4.79 Å². The number of ether oxygens (including phenoxy) is 2. The molecule has 4 heterocycles. The molecule has 2 aromatic heterocycles. The summed E-state index contributed by atoms with van der Waals surface area (Å²) in [4.78, 5) is 28.8. The number of hydrogen-bond donors (Lipinski definition) is 0. The maximum absolute atomic E-state index is 15.3. The van der Waals surface area contributed by atoms with Gasteiger partial charge < -0.3 is 28.4 Å². The van der Waals surface area contributed by atoms with E-state index in [-0.39, 0.29) is 32.4 Å². The Hall–Kier alpha value is -5.41. The molecule has 2 aliphatic heterocycles. The normalized spacial score (nSPS) is 14.8. The summed E-state index contributed by atoms with van der Waals surface area (Å²) >= 11 is 0. The minimum absolute atomic E-state index is 0.0265. The first-order valence-electron chi connectivity index (χ1n) is 18.6. The van der Waals surface area contributed by atoms with Gasteiger partial charge in [0.25, 0.3) is 0 Å². The first-order chi connectivity index (χ1) is 26.6. The third-order valence-corrected chi connectivity index (χ3v) is 12.3. The van der Waals surface area contributed by atoms with E-state index in [9.17, 15) is 16.8 Å². The largest absolute Gasteiger partial charge is 0.488 e. The molecular formula is C41H44N6O7S2. The van der Waals surface area contributed by atoms with Crippen LogP contribution in [0.3, 0.4) is 0 Å². The van der Waals surface area contributed by atoms with E-state index in [0.717, 1.165) is 46.2 Å². The van der Waals surface area contributed by atoms with E-state index < -0.39 is 37.7 Å². The van der Waals surface area contributed by atoms with E-state index in [0.29, 0.717) is 50.6 Å². The van der Waals surface area contributed by atoms with Crippen molar-refractivity contribution in [1.82, 2.24) is 19.1 Å². The van der Waals surface area contributed by atoms with Gasteiger partial charge in [0.1, 0.15) is 11.6 Å². The van der Waals surface area contributed by atoms with Crippen LogP contribution in [-0.2, 0) is 45.9 Å². The number of ketones is 1. The fourth-order valence-corrected chi connectivity index (χ4v) is 8.93. The highest BCUT2D eigenvalue weighted by Crippen LogP contribution is 2.43. The molecule has 2 aliphatic rings. The highest BCUT2D eigenvalue weighted by molar-refractivity contribution is 7.91. The van der Waals surface area contributed by atoms with Gasteiger partial charge in [-0.1, -0.05) is 24.3 Å². The Morgan fingerprint density at radius 3 is 1.38 bits per heavy atom. The van der Waals surface area contributed by atoms with Gasteiger partial charge in [-0.05, 0) is 76.2 Å². The van der Waals surface area contributed by atoms with Crippen molar-refractivity contribution in [2.45, 2.75) is 75.9 Å². The molecule has 4 aromatic carbocycles. The van der Waals surface area contributed by atoms with E-state index in [1.165, 1.54) is 12.1 Å². The van der Waals surface area contributed by atoms with Gasteiger partial charge in [-0.2, -0.15) is 0 Å². The Morgan fingerprint density at radius 1 is 0.607 bits per heavy atom. The molecule has 0 unspecified atom stereocenters. The molecule has 0 atom stereocenters. The number of hydrogen-bond acceptors (Lipinski definition) is 11. The van der Waals surface area contributed by atoms with Crippen molar-refractivity contribution in [2.75, 3.05) is 35.4 Å². The number of benzene rings is 4. The Balaban J connectivity index is 1.31. The van der Waals surface area contributed by atoms with Crippen LogP contribution in [-0.4, -0.2) is 79.5 Å². The molecule has 15 heteroatoms. The Bertz CT molecular complexity index is 2580. The van der Waals surface area contributed by atoms with Crippen molar-refractivity contribution in [3.8, 4) is 11.5 Å². The lowest BCUT2D eigenvalue weighted by atomic mass is 9.98. The second kappa shape index (κ2) is 14.0. The van der Waals surface area contributed by atoms with E-state index in [1.807, 2.05) is 86.0 Å². The zero-order valence-corrected chi connectivity index (χ0v) is 33.8. The molecule has 0 amide bonds. The SMILES string of the molecule is CC(C)Oc1c(C(=O)c2cc(S(C)(=O)=O)cc(N3CCn4c(nc5ccccc54)C3)c2OC(C)C)cc(S(C)(=O)=O)cc1N1CCn2c(nc3ccccc32)C1. The Morgan fingerprint density at radius 2 is 1.00 bits per heavy atom. The predicted octanol–water partition coefficient (Wildman–Crippen LogP) is 6.04.